The van der Waals surface area contributed by atoms with E-state index in [-0.39, 0.29) is 17.0 Å². The van der Waals surface area contributed by atoms with Gasteiger partial charge in [0.2, 0.25) is 0 Å². The van der Waals surface area contributed by atoms with Gasteiger partial charge >= 0.3 is 5.97 Å². The number of anilines is 1. The van der Waals surface area contributed by atoms with Crippen LogP contribution < -0.4 is 20.2 Å². The first-order valence-corrected chi connectivity index (χ1v) is 12.8. The highest BCUT2D eigenvalue weighted by molar-refractivity contribution is 7.10. The zero-order valence-electron chi connectivity index (χ0n) is 19.4. The Morgan fingerprint density at radius 2 is 1.81 bits per heavy atom. The molecule has 0 spiro atoms. The van der Waals surface area contributed by atoms with Crippen molar-refractivity contribution in [3.63, 3.8) is 0 Å². The molecule has 0 bridgehead atoms. The van der Waals surface area contributed by atoms with E-state index in [1.54, 1.807) is 31.2 Å². The number of aryl methyl sites for hydroxylation is 1. The molecule has 3 heterocycles. The molecule has 1 unspecified atom stereocenters. The molecule has 2 N–H and O–H groups in total. The van der Waals surface area contributed by atoms with E-state index in [0.29, 0.717) is 31.9 Å². The quantitative estimate of drug-likeness (QED) is 0.420. The van der Waals surface area contributed by atoms with Crippen molar-refractivity contribution in [2.45, 2.75) is 19.9 Å². The van der Waals surface area contributed by atoms with Crippen LogP contribution in [0.2, 0.25) is 0 Å². The fourth-order valence-electron chi connectivity index (χ4n) is 4.19. The molecule has 1 atom stereocenters. The van der Waals surface area contributed by atoms with Gasteiger partial charge in [0, 0.05) is 10.6 Å². The number of amides is 1. The molecule has 1 aliphatic rings. The van der Waals surface area contributed by atoms with Crippen LogP contribution in [0.25, 0.3) is 6.08 Å². The number of benzene rings is 2. The van der Waals surface area contributed by atoms with Gasteiger partial charge in [0.1, 0.15) is 6.04 Å². The number of aromatic nitrogens is 1. The zero-order chi connectivity index (χ0) is 25.4. The van der Waals surface area contributed by atoms with Crippen LogP contribution in [0.4, 0.5) is 5.69 Å². The number of rotatable bonds is 5. The third-order valence-corrected chi connectivity index (χ3v) is 7.86. The van der Waals surface area contributed by atoms with Gasteiger partial charge in [0.25, 0.3) is 11.5 Å². The molecule has 5 rings (SSSR count). The second-order valence-corrected chi connectivity index (χ2v) is 10.2. The van der Waals surface area contributed by atoms with Gasteiger partial charge in [-0.15, -0.1) is 11.3 Å². The number of hydrogen-bond acceptors (Lipinski definition) is 6. The van der Waals surface area contributed by atoms with E-state index < -0.39 is 12.0 Å². The number of hydrogen-bond donors (Lipinski definition) is 2. The van der Waals surface area contributed by atoms with Crippen molar-refractivity contribution in [1.29, 1.82) is 0 Å². The Balaban J connectivity index is 1.67. The van der Waals surface area contributed by atoms with E-state index in [1.807, 2.05) is 48.7 Å². The summed E-state index contributed by atoms with van der Waals surface area (Å²) in [5.41, 5.74) is 2.74. The molecule has 0 fully saturated rings. The molecular weight excluding hydrogens is 494 g/mol. The molecule has 2 aromatic heterocycles. The maximum Gasteiger partial charge on any atom is 0.336 e. The summed E-state index contributed by atoms with van der Waals surface area (Å²) in [6.45, 7) is 3.68. The summed E-state index contributed by atoms with van der Waals surface area (Å²) >= 11 is 2.63. The minimum atomic E-state index is -1.07. The number of carbonyl (C=O) groups is 2. The van der Waals surface area contributed by atoms with Gasteiger partial charge in [-0.3, -0.25) is 14.2 Å². The standard InChI is InChI=1S/C27H21N3O4S2/c1-15-8-3-6-11-19(15)29-24(31)22-16(2)28-27-30(23(22)20-12-7-13-35-20)25(32)21(36-27)14-17-9-4-5-10-18(17)26(33)34/h3-14,23H,1-2H3,(H,29,31)(H,33,34). The van der Waals surface area contributed by atoms with E-state index in [1.165, 1.54) is 33.3 Å². The van der Waals surface area contributed by atoms with Crippen molar-refractivity contribution < 1.29 is 14.7 Å². The predicted molar refractivity (Wildman–Crippen MR) is 141 cm³/mol. The molecule has 7 nitrogen and oxygen atoms in total. The van der Waals surface area contributed by atoms with Crippen molar-refractivity contribution in [3.05, 3.63) is 119 Å². The third-order valence-electron chi connectivity index (χ3n) is 5.95. The molecule has 180 valence electrons. The second-order valence-electron chi connectivity index (χ2n) is 8.26. The Bertz CT molecular complexity index is 1710. The van der Waals surface area contributed by atoms with Crippen LogP contribution in [0.15, 0.2) is 87.1 Å². The first-order valence-electron chi connectivity index (χ1n) is 11.1. The smallest absolute Gasteiger partial charge is 0.336 e. The van der Waals surface area contributed by atoms with Gasteiger partial charge in [0.05, 0.1) is 21.4 Å². The van der Waals surface area contributed by atoms with E-state index in [2.05, 4.69) is 10.3 Å². The maximum atomic E-state index is 13.7. The normalized spacial score (nSPS) is 15.4. The fourth-order valence-corrected chi connectivity index (χ4v) is 6.05. The van der Waals surface area contributed by atoms with Crippen LogP contribution in [0, 0.1) is 6.92 Å². The number of para-hydroxylation sites is 1. The highest BCUT2D eigenvalue weighted by Gasteiger charge is 2.33. The van der Waals surface area contributed by atoms with Gasteiger partial charge < -0.3 is 10.4 Å². The fraction of sp³-hybridized carbons (Fsp3) is 0.111. The Morgan fingerprint density at radius 1 is 1.06 bits per heavy atom. The molecule has 9 heteroatoms. The Kier molecular flexibility index (Phi) is 6.26. The Hall–Kier alpha value is -4.08. The summed E-state index contributed by atoms with van der Waals surface area (Å²) in [5.74, 6) is -1.40. The maximum absolute atomic E-state index is 13.7. The van der Waals surface area contributed by atoms with Crippen LogP contribution in [0.1, 0.15) is 39.3 Å². The predicted octanol–water partition coefficient (Wildman–Crippen LogP) is 3.94. The summed E-state index contributed by atoms with van der Waals surface area (Å²) in [5, 5.41) is 14.4. The summed E-state index contributed by atoms with van der Waals surface area (Å²) in [7, 11) is 0. The van der Waals surface area contributed by atoms with E-state index in [9.17, 15) is 19.5 Å². The van der Waals surface area contributed by atoms with Crippen molar-refractivity contribution in [2.75, 3.05) is 5.32 Å². The van der Waals surface area contributed by atoms with E-state index in [4.69, 9.17) is 0 Å². The lowest BCUT2D eigenvalue weighted by atomic mass is 10.0. The van der Waals surface area contributed by atoms with Crippen molar-refractivity contribution in [1.82, 2.24) is 4.57 Å². The lowest BCUT2D eigenvalue weighted by molar-refractivity contribution is -0.113. The highest BCUT2D eigenvalue weighted by Crippen LogP contribution is 2.33. The average Bonchev–Trinajstić information content (AvgIpc) is 3.48. The largest absolute Gasteiger partial charge is 0.478 e. The van der Waals surface area contributed by atoms with Crippen molar-refractivity contribution >= 4 is 46.3 Å². The van der Waals surface area contributed by atoms with Crippen LogP contribution >= 0.6 is 22.7 Å². The number of nitrogens with one attached hydrogen (secondary N) is 1. The molecule has 36 heavy (non-hydrogen) atoms. The number of thiophene rings is 1. The molecule has 0 aliphatic carbocycles. The minimum absolute atomic E-state index is 0.104. The van der Waals surface area contributed by atoms with Crippen LogP contribution in [0.3, 0.4) is 0 Å². The third kappa shape index (κ3) is 4.23. The molecule has 1 amide bonds. The minimum Gasteiger partial charge on any atom is -0.478 e. The average molecular weight is 516 g/mol. The molecule has 0 radical (unpaired) electrons. The summed E-state index contributed by atoms with van der Waals surface area (Å²) in [6.07, 6.45) is 1.57. The monoisotopic (exact) mass is 515 g/mol. The molecule has 0 saturated carbocycles. The van der Waals surface area contributed by atoms with Gasteiger partial charge in [0.15, 0.2) is 4.80 Å². The summed E-state index contributed by atoms with van der Waals surface area (Å²) in [4.78, 5) is 44.8. The first-order chi connectivity index (χ1) is 17.3. The number of thiazole rings is 1. The number of carboxylic acid groups (broad SMARTS) is 1. The van der Waals surface area contributed by atoms with E-state index in [0.717, 1.165) is 10.4 Å². The Labute approximate surface area is 214 Å². The number of carboxylic acids is 1. The lowest BCUT2D eigenvalue weighted by Gasteiger charge is -2.24. The van der Waals surface area contributed by atoms with Gasteiger partial charge in [-0.1, -0.05) is 53.8 Å². The highest BCUT2D eigenvalue weighted by atomic mass is 32.1. The van der Waals surface area contributed by atoms with Crippen LogP contribution in [0.5, 0.6) is 0 Å². The van der Waals surface area contributed by atoms with Gasteiger partial charge in [-0.25, -0.2) is 9.79 Å². The SMILES string of the molecule is CC1=C(C(=O)Nc2ccccc2C)C(c2cccs2)n2c(sc(=Cc3ccccc3C(=O)O)c2=O)=N1. The zero-order valence-corrected chi connectivity index (χ0v) is 21.0. The molecular formula is C27H21N3O4S2. The molecule has 1 aliphatic heterocycles. The van der Waals surface area contributed by atoms with Crippen molar-refractivity contribution in [2.24, 2.45) is 4.99 Å². The topological polar surface area (TPSA) is 101 Å². The summed E-state index contributed by atoms with van der Waals surface area (Å²) in [6, 6.07) is 17.1. The van der Waals surface area contributed by atoms with E-state index >= 15 is 0 Å². The number of nitrogens with zero attached hydrogens (tertiary/aromatic N) is 2. The Morgan fingerprint density at radius 3 is 2.53 bits per heavy atom. The first kappa shape index (κ1) is 23.7. The van der Waals surface area contributed by atoms with Gasteiger partial charge in [-0.05, 0) is 54.6 Å². The van der Waals surface area contributed by atoms with Crippen molar-refractivity contribution in [3.8, 4) is 0 Å². The van der Waals surface area contributed by atoms with Crippen LogP contribution in [-0.2, 0) is 4.79 Å². The number of fused-ring (bicyclic) bond motifs is 1. The summed E-state index contributed by atoms with van der Waals surface area (Å²) < 4.78 is 1.88. The van der Waals surface area contributed by atoms with Crippen LogP contribution in [-0.4, -0.2) is 21.6 Å². The number of allylic oxidation sites excluding steroid dienone is 1. The molecule has 4 aromatic rings. The lowest BCUT2D eigenvalue weighted by Crippen LogP contribution is -2.40. The molecule has 0 saturated heterocycles. The molecule has 2 aromatic carbocycles. The number of carbonyl (C=O) groups excluding carboxylic acids is 1. The number of aromatic carboxylic acids is 1. The van der Waals surface area contributed by atoms with Gasteiger partial charge in [-0.2, -0.15) is 0 Å². The second kappa shape index (κ2) is 9.52.